The van der Waals surface area contributed by atoms with E-state index in [0.717, 1.165) is 16.7 Å². The maximum atomic E-state index is 14.0. The standard InChI is InChI=1S/C25H27FN2O3S/c1-19-8-12-21(13-9-19)16-28(32(30,31)23-14-10-20(2)11-15-23)18-25(29)27(3)17-22-6-4-5-7-24(22)26/h4-15H,16-18H2,1-3H3. The molecule has 0 fully saturated rings. The number of halogens is 1. The molecular formula is C25H27FN2O3S. The van der Waals surface area contributed by atoms with Gasteiger partial charge >= 0.3 is 0 Å². The highest BCUT2D eigenvalue weighted by atomic mass is 32.2. The van der Waals surface area contributed by atoms with Crippen molar-refractivity contribution in [3.8, 4) is 0 Å². The van der Waals surface area contributed by atoms with Crippen LogP contribution in [0.1, 0.15) is 22.3 Å². The summed E-state index contributed by atoms with van der Waals surface area (Å²) < 4.78 is 41.9. The highest BCUT2D eigenvalue weighted by molar-refractivity contribution is 7.89. The second-order valence-corrected chi connectivity index (χ2v) is 9.85. The lowest BCUT2D eigenvalue weighted by Crippen LogP contribution is -2.41. The van der Waals surface area contributed by atoms with Gasteiger partial charge in [-0.2, -0.15) is 4.31 Å². The van der Waals surface area contributed by atoms with Crippen molar-refractivity contribution < 1.29 is 17.6 Å². The molecule has 0 N–H and O–H groups in total. The maximum absolute atomic E-state index is 14.0. The zero-order chi connectivity index (χ0) is 23.3. The van der Waals surface area contributed by atoms with Crippen molar-refractivity contribution in [2.24, 2.45) is 0 Å². The Morgan fingerprint density at radius 2 is 1.41 bits per heavy atom. The second kappa shape index (κ2) is 10.1. The minimum Gasteiger partial charge on any atom is -0.340 e. The van der Waals surface area contributed by atoms with Crippen LogP contribution in [-0.4, -0.2) is 37.1 Å². The number of hydrogen-bond donors (Lipinski definition) is 0. The van der Waals surface area contributed by atoms with Crippen molar-refractivity contribution >= 4 is 15.9 Å². The van der Waals surface area contributed by atoms with Crippen LogP contribution in [0.3, 0.4) is 0 Å². The Hall–Kier alpha value is -3.03. The molecule has 0 bridgehead atoms. The molecule has 3 aromatic rings. The number of sulfonamides is 1. The first kappa shape index (κ1) is 23.6. The summed E-state index contributed by atoms with van der Waals surface area (Å²) in [5, 5.41) is 0. The molecule has 0 aromatic heterocycles. The molecule has 0 aliphatic heterocycles. The molecule has 0 saturated carbocycles. The van der Waals surface area contributed by atoms with Gasteiger partial charge in [-0.1, -0.05) is 65.7 Å². The number of amides is 1. The van der Waals surface area contributed by atoms with Crippen molar-refractivity contribution in [1.29, 1.82) is 0 Å². The minimum atomic E-state index is -3.92. The first-order valence-electron chi connectivity index (χ1n) is 10.3. The molecule has 32 heavy (non-hydrogen) atoms. The summed E-state index contributed by atoms with van der Waals surface area (Å²) in [6, 6.07) is 20.2. The van der Waals surface area contributed by atoms with Crippen LogP contribution in [0.15, 0.2) is 77.7 Å². The Bertz CT molecular complexity index is 1180. The average molecular weight is 455 g/mol. The number of carbonyl (C=O) groups excluding carboxylic acids is 1. The molecule has 0 atom stereocenters. The van der Waals surface area contributed by atoms with E-state index in [9.17, 15) is 17.6 Å². The quantitative estimate of drug-likeness (QED) is 0.510. The van der Waals surface area contributed by atoms with E-state index in [4.69, 9.17) is 0 Å². The molecular weight excluding hydrogens is 427 g/mol. The lowest BCUT2D eigenvalue weighted by atomic mass is 10.1. The SMILES string of the molecule is Cc1ccc(CN(CC(=O)N(C)Cc2ccccc2F)S(=O)(=O)c2ccc(C)cc2)cc1. The van der Waals surface area contributed by atoms with Gasteiger partial charge in [-0.25, -0.2) is 12.8 Å². The van der Waals surface area contributed by atoms with E-state index in [2.05, 4.69) is 0 Å². The fraction of sp³-hybridized carbons (Fsp3) is 0.240. The smallest absolute Gasteiger partial charge is 0.243 e. The molecule has 0 aliphatic rings. The summed E-state index contributed by atoms with van der Waals surface area (Å²) in [6.07, 6.45) is 0. The summed E-state index contributed by atoms with van der Waals surface area (Å²) in [7, 11) is -2.38. The Balaban J connectivity index is 1.86. The second-order valence-electron chi connectivity index (χ2n) is 7.91. The Morgan fingerprint density at radius 1 is 0.844 bits per heavy atom. The van der Waals surface area contributed by atoms with Crippen LogP contribution in [0, 0.1) is 19.7 Å². The Morgan fingerprint density at radius 3 is 2.00 bits per heavy atom. The molecule has 0 heterocycles. The lowest BCUT2D eigenvalue weighted by molar-refractivity contribution is -0.130. The van der Waals surface area contributed by atoms with Crippen LogP contribution in [0.5, 0.6) is 0 Å². The van der Waals surface area contributed by atoms with E-state index in [0.29, 0.717) is 5.56 Å². The maximum Gasteiger partial charge on any atom is 0.243 e. The molecule has 0 saturated heterocycles. The summed E-state index contributed by atoms with van der Waals surface area (Å²) in [5.41, 5.74) is 3.14. The number of rotatable bonds is 8. The number of nitrogens with zero attached hydrogens (tertiary/aromatic N) is 2. The molecule has 7 heteroatoms. The van der Waals surface area contributed by atoms with Crippen LogP contribution in [-0.2, 0) is 27.9 Å². The lowest BCUT2D eigenvalue weighted by Gasteiger charge is -2.25. The van der Waals surface area contributed by atoms with Gasteiger partial charge in [0, 0.05) is 25.7 Å². The first-order chi connectivity index (χ1) is 15.2. The van der Waals surface area contributed by atoms with Crippen LogP contribution < -0.4 is 0 Å². The van der Waals surface area contributed by atoms with Gasteiger partial charge < -0.3 is 4.90 Å². The number of aryl methyl sites for hydroxylation is 2. The number of benzene rings is 3. The predicted molar refractivity (Wildman–Crippen MR) is 123 cm³/mol. The van der Waals surface area contributed by atoms with E-state index >= 15 is 0 Å². The Labute approximate surface area is 189 Å². The van der Waals surface area contributed by atoms with Crippen LogP contribution in [0.4, 0.5) is 4.39 Å². The fourth-order valence-electron chi connectivity index (χ4n) is 3.22. The molecule has 5 nitrogen and oxygen atoms in total. The van der Waals surface area contributed by atoms with E-state index in [1.165, 1.54) is 22.3 Å². The third kappa shape index (κ3) is 5.81. The van der Waals surface area contributed by atoms with Crippen molar-refractivity contribution in [3.05, 3.63) is 101 Å². The summed E-state index contributed by atoms with van der Waals surface area (Å²) in [6.45, 7) is 3.58. The van der Waals surface area contributed by atoms with Crippen LogP contribution in [0.2, 0.25) is 0 Å². The average Bonchev–Trinajstić information content (AvgIpc) is 2.76. The zero-order valence-corrected chi connectivity index (χ0v) is 19.3. The largest absolute Gasteiger partial charge is 0.340 e. The van der Waals surface area contributed by atoms with Crippen molar-refractivity contribution in [1.82, 2.24) is 9.21 Å². The number of likely N-dealkylation sites (N-methyl/N-ethyl adjacent to an activating group) is 1. The Kier molecular flexibility index (Phi) is 7.43. The van der Waals surface area contributed by atoms with Gasteiger partial charge in [-0.15, -0.1) is 0 Å². The third-order valence-electron chi connectivity index (χ3n) is 5.24. The van der Waals surface area contributed by atoms with Gasteiger partial charge in [-0.05, 0) is 37.6 Å². The molecule has 0 aliphatic carbocycles. The molecule has 0 unspecified atom stereocenters. The van der Waals surface area contributed by atoms with Gasteiger partial charge in [0.15, 0.2) is 0 Å². The zero-order valence-electron chi connectivity index (χ0n) is 18.5. The highest BCUT2D eigenvalue weighted by Crippen LogP contribution is 2.20. The van der Waals surface area contributed by atoms with E-state index in [1.54, 1.807) is 42.5 Å². The van der Waals surface area contributed by atoms with E-state index in [1.807, 2.05) is 38.1 Å². The normalized spacial score (nSPS) is 11.5. The number of hydrogen-bond acceptors (Lipinski definition) is 3. The molecule has 168 valence electrons. The third-order valence-corrected chi connectivity index (χ3v) is 7.05. The van der Waals surface area contributed by atoms with Gasteiger partial charge in [0.2, 0.25) is 15.9 Å². The van der Waals surface area contributed by atoms with Gasteiger partial charge in [0.05, 0.1) is 11.4 Å². The summed E-state index contributed by atoms with van der Waals surface area (Å²) in [5.74, 6) is -0.827. The topological polar surface area (TPSA) is 57.7 Å². The van der Waals surface area contributed by atoms with Crippen molar-refractivity contribution in [2.45, 2.75) is 31.8 Å². The van der Waals surface area contributed by atoms with Crippen molar-refractivity contribution in [3.63, 3.8) is 0 Å². The van der Waals surface area contributed by atoms with E-state index in [-0.39, 0.29) is 24.5 Å². The molecule has 3 aromatic carbocycles. The van der Waals surface area contributed by atoms with E-state index < -0.39 is 21.7 Å². The molecule has 0 spiro atoms. The monoisotopic (exact) mass is 454 g/mol. The molecule has 3 rings (SSSR count). The fourth-order valence-corrected chi connectivity index (χ4v) is 4.60. The molecule has 1 amide bonds. The first-order valence-corrected chi connectivity index (χ1v) is 11.7. The highest BCUT2D eigenvalue weighted by Gasteiger charge is 2.28. The van der Waals surface area contributed by atoms with Crippen molar-refractivity contribution in [2.75, 3.05) is 13.6 Å². The van der Waals surface area contributed by atoms with Gasteiger partial charge in [0.1, 0.15) is 5.82 Å². The minimum absolute atomic E-state index is 0.0501. The summed E-state index contributed by atoms with van der Waals surface area (Å²) in [4.78, 5) is 14.4. The molecule has 0 radical (unpaired) electrons. The summed E-state index contributed by atoms with van der Waals surface area (Å²) >= 11 is 0. The predicted octanol–water partition coefficient (Wildman–Crippen LogP) is 4.29. The van der Waals surface area contributed by atoms with Gasteiger partial charge in [0.25, 0.3) is 0 Å². The van der Waals surface area contributed by atoms with Crippen LogP contribution >= 0.6 is 0 Å². The van der Waals surface area contributed by atoms with Crippen LogP contribution in [0.25, 0.3) is 0 Å². The number of carbonyl (C=O) groups is 1. The van der Waals surface area contributed by atoms with Gasteiger partial charge in [-0.3, -0.25) is 4.79 Å².